The molecule has 0 saturated carbocycles. The van der Waals surface area contributed by atoms with E-state index in [1.165, 1.54) is 13.2 Å². The van der Waals surface area contributed by atoms with Crippen LogP contribution >= 0.6 is 0 Å². The van der Waals surface area contributed by atoms with Gasteiger partial charge in [0.25, 0.3) is 5.91 Å². The molecule has 100 valence electrons. The molecule has 5 heteroatoms. The molecule has 0 aliphatic heterocycles. The Balaban J connectivity index is 2.82. The first-order valence-corrected chi connectivity index (χ1v) is 5.95. The number of hydrogen-bond acceptors (Lipinski definition) is 2. The fourth-order valence-corrected chi connectivity index (χ4v) is 1.87. The van der Waals surface area contributed by atoms with Crippen LogP contribution in [0, 0.1) is 5.82 Å². The minimum absolute atomic E-state index is 0.222. The van der Waals surface area contributed by atoms with Gasteiger partial charge in [0.2, 0.25) is 0 Å². The van der Waals surface area contributed by atoms with Crippen LogP contribution in [0.1, 0.15) is 19.4 Å². The largest absolute Gasteiger partial charge is 0.494 e. The van der Waals surface area contributed by atoms with Crippen LogP contribution in [-0.2, 0) is 11.3 Å². The molecule has 0 aromatic heterocycles. The molecule has 2 atom stereocenters. The quantitative estimate of drug-likeness (QED) is 0.758. The molecule has 0 aliphatic carbocycles. The van der Waals surface area contributed by atoms with Gasteiger partial charge in [0.15, 0.2) is 17.6 Å². The van der Waals surface area contributed by atoms with E-state index in [1.807, 2.05) is 6.92 Å². The van der Waals surface area contributed by atoms with Gasteiger partial charge in [0.1, 0.15) is 6.54 Å². The molecule has 0 spiro atoms. The van der Waals surface area contributed by atoms with Crippen molar-refractivity contribution in [2.45, 2.75) is 26.4 Å². The Bertz CT molecular complexity index is 423. The van der Waals surface area contributed by atoms with Gasteiger partial charge in [-0.15, -0.1) is 0 Å². The zero-order valence-electron chi connectivity index (χ0n) is 11.0. The summed E-state index contributed by atoms with van der Waals surface area (Å²) in [7, 11) is 1.43. The van der Waals surface area contributed by atoms with Crippen LogP contribution in [0.15, 0.2) is 18.2 Å². The van der Waals surface area contributed by atoms with E-state index in [0.29, 0.717) is 6.54 Å². The molecule has 18 heavy (non-hydrogen) atoms. The van der Waals surface area contributed by atoms with Crippen LogP contribution in [0.5, 0.6) is 5.75 Å². The number of amides is 1. The predicted molar refractivity (Wildman–Crippen MR) is 66.8 cm³/mol. The number of halogens is 1. The fraction of sp³-hybridized carbons (Fsp3) is 0.462. The SMILES string of the molecule is CC[NH+](Cc1ccc(OC)c(F)c1)[C@H](C)C(N)=O. The third-order valence-electron chi connectivity index (χ3n) is 3.14. The number of rotatable bonds is 6. The van der Waals surface area contributed by atoms with E-state index in [9.17, 15) is 9.18 Å². The highest BCUT2D eigenvalue weighted by atomic mass is 19.1. The summed E-state index contributed by atoms with van der Waals surface area (Å²) < 4.78 is 18.4. The second-order valence-electron chi connectivity index (χ2n) is 4.28. The van der Waals surface area contributed by atoms with Crippen molar-refractivity contribution in [3.8, 4) is 5.75 Å². The van der Waals surface area contributed by atoms with Gasteiger partial charge in [-0.3, -0.25) is 4.79 Å². The maximum absolute atomic E-state index is 13.5. The predicted octanol–water partition coefficient (Wildman–Crippen LogP) is 0.113. The smallest absolute Gasteiger partial charge is 0.275 e. The van der Waals surface area contributed by atoms with Crippen LogP contribution < -0.4 is 15.4 Å². The third kappa shape index (κ3) is 3.43. The van der Waals surface area contributed by atoms with E-state index in [1.54, 1.807) is 19.1 Å². The van der Waals surface area contributed by atoms with Gasteiger partial charge >= 0.3 is 0 Å². The van der Waals surface area contributed by atoms with Gasteiger partial charge in [0, 0.05) is 5.56 Å². The average Bonchev–Trinajstić information content (AvgIpc) is 2.35. The molecule has 0 saturated heterocycles. The summed E-state index contributed by atoms with van der Waals surface area (Å²) in [5.74, 6) is -0.516. The van der Waals surface area contributed by atoms with Crippen molar-refractivity contribution >= 4 is 5.91 Å². The first-order chi connectivity index (χ1) is 8.49. The van der Waals surface area contributed by atoms with Gasteiger partial charge in [-0.2, -0.15) is 0 Å². The molecule has 0 heterocycles. The number of nitrogens with one attached hydrogen (secondary N) is 1. The number of carbonyl (C=O) groups excluding carboxylic acids is 1. The number of likely N-dealkylation sites (N-methyl/N-ethyl adjacent to an activating group) is 1. The Labute approximate surface area is 107 Å². The van der Waals surface area contributed by atoms with E-state index < -0.39 is 5.82 Å². The van der Waals surface area contributed by atoms with Gasteiger partial charge in [-0.1, -0.05) is 0 Å². The summed E-state index contributed by atoms with van der Waals surface area (Å²) >= 11 is 0. The normalized spacial score (nSPS) is 14.0. The summed E-state index contributed by atoms with van der Waals surface area (Å²) in [4.78, 5) is 12.2. The zero-order valence-corrected chi connectivity index (χ0v) is 11.0. The van der Waals surface area contributed by atoms with E-state index in [-0.39, 0.29) is 17.7 Å². The lowest BCUT2D eigenvalue weighted by Crippen LogP contribution is -3.15. The number of primary amides is 1. The first kappa shape index (κ1) is 14.4. The number of benzene rings is 1. The van der Waals surface area contributed by atoms with Crippen LogP contribution in [0.4, 0.5) is 4.39 Å². The van der Waals surface area contributed by atoms with E-state index in [0.717, 1.165) is 17.0 Å². The number of methoxy groups -OCH3 is 1. The maximum Gasteiger partial charge on any atom is 0.275 e. The van der Waals surface area contributed by atoms with Crippen molar-refractivity contribution in [1.29, 1.82) is 0 Å². The molecule has 0 aliphatic rings. The minimum atomic E-state index is -0.391. The molecule has 1 aromatic carbocycles. The Morgan fingerprint density at radius 2 is 2.22 bits per heavy atom. The molecule has 1 aromatic rings. The molecule has 0 radical (unpaired) electrons. The summed E-state index contributed by atoms with van der Waals surface area (Å²) in [6.07, 6.45) is 0. The third-order valence-corrected chi connectivity index (χ3v) is 3.14. The molecule has 1 rings (SSSR count). The fourth-order valence-electron chi connectivity index (χ4n) is 1.87. The van der Waals surface area contributed by atoms with E-state index in [2.05, 4.69) is 0 Å². The lowest BCUT2D eigenvalue weighted by atomic mass is 10.1. The molecular formula is C13H20FN2O2+. The lowest BCUT2D eigenvalue weighted by Gasteiger charge is -2.22. The summed E-state index contributed by atoms with van der Waals surface area (Å²) in [5.41, 5.74) is 6.11. The standard InChI is InChI=1S/C13H19FN2O2/c1-4-16(9(2)13(15)17)8-10-5-6-12(18-3)11(14)7-10/h5-7,9H,4,8H2,1-3H3,(H2,15,17)/p+1/t9-/m1/s1. The maximum atomic E-state index is 13.5. The van der Waals surface area contributed by atoms with Crippen LogP contribution in [-0.4, -0.2) is 25.6 Å². The van der Waals surface area contributed by atoms with Gasteiger partial charge in [-0.25, -0.2) is 4.39 Å². The second-order valence-corrected chi connectivity index (χ2v) is 4.28. The van der Waals surface area contributed by atoms with Crippen molar-refractivity contribution < 1.29 is 18.8 Å². The topological polar surface area (TPSA) is 56.8 Å². The molecule has 0 fully saturated rings. The summed E-state index contributed by atoms with van der Waals surface area (Å²) in [6.45, 7) is 5.05. The summed E-state index contributed by atoms with van der Waals surface area (Å²) in [6, 6.07) is 4.53. The molecule has 1 unspecified atom stereocenters. The Kier molecular flexibility index (Phi) is 5.09. The number of quaternary nitrogens is 1. The number of ether oxygens (including phenoxy) is 1. The first-order valence-electron chi connectivity index (χ1n) is 5.95. The molecule has 1 amide bonds. The van der Waals surface area contributed by atoms with Crippen molar-refractivity contribution in [3.63, 3.8) is 0 Å². The van der Waals surface area contributed by atoms with Gasteiger partial charge in [0.05, 0.1) is 13.7 Å². The molecule has 3 N–H and O–H groups in total. The van der Waals surface area contributed by atoms with Crippen LogP contribution in [0.3, 0.4) is 0 Å². The van der Waals surface area contributed by atoms with Gasteiger partial charge in [-0.05, 0) is 32.0 Å². The number of carbonyl (C=O) groups is 1. The monoisotopic (exact) mass is 255 g/mol. The van der Waals surface area contributed by atoms with Crippen LogP contribution in [0.25, 0.3) is 0 Å². The average molecular weight is 255 g/mol. The molecular weight excluding hydrogens is 235 g/mol. The highest BCUT2D eigenvalue weighted by Crippen LogP contribution is 2.17. The number of hydrogen-bond donors (Lipinski definition) is 2. The van der Waals surface area contributed by atoms with E-state index >= 15 is 0 Å². The van der Waals surface area contributed by atoms with E-state index in [4.69, 9.17) is 10.5 Å². The minimum Gasteiger partial charge on any atom is -0.494 e. The van der Waals surface area contributed by atoms with Crippen LogP contribution in [0.2, 0.25) is 0 Å². The van der Waals surface area contributed by atoms with Crippen molar-refractivity contribution in [3.05, 3.63) is 29.6 Å². The Morgan fingerprint density at radius 1 is 1.56 bits per heavy atom. The van der Waals surface area contributed by atoms with Crippen molar-refractivity contribution in [2.24, 2.45) is 5.73 Å². The highest BCUT2D eigenvalue weighted by Gasteiger charge is 2.21. The summed E-state index contributed by atoms with van der Waals surface area (Å²) in [5, 5.41) is 0. The Hall–Kier alpha value is -1.62. The van der Waals surface area contributed by atoms with Crippen molar-refractivity contribution in [2.75, 3.05) is 13.7 Å². The second kappa shape index (κ2) is 6.35. The van der Waals surface area contributed by atoms with Gasteiger partial charge < -0.3 is 15.4 Å². The van der Waals surface area contributed by atoms with Crippen molar-refractivity contribution in [1.82, 2.24) is 0 Å². The molecule has 0 bridgehead atoms. The Morgan fingerprint density at radius 3 is 2.67 bits per heavy atom. The highest BCUT2D eigenvalue weighted by molar-refractivity contribution is 5.77. The lowest BCUT2D eigenvalue weighted by molar-refractivity contribution is -0.926. The molecule has 4 nitrogen and oxygen atoms in total. The number of nitrogens with two attached hydrogens (primary N) is 1. The zero-order chi connectivity index (χ0) is 13.7.